The summed E-state index contributed by atoms with van der Waals surface area (Å²) in [7, 11) is -1.39. The number of rotatable bonds is 4. The maximum Gasteiger partial charge on any atom is 0.128 e. The Labute approximate surface area is 173 Å². The van der Waals surface area contributed by atoms with E-state index >= 15 is 4.39 Å². The topological polar surface area (TPSA) is 3.24 Å². The van der Waals surface area contributed by atoms with Crippen molar-refractivity contribution in [3.05, 3.63) is 65.5 Å². The fraction of sp³-hybridized carbons (Fsp3) is 0.417. The maximum absolute atomic E-state index is 15.0. The van der Waals surface area contributed by atoms with Crippen LogP contribution in [0.1, 0.15) is 30.4 Å². The van der Waals surface area contributed by atoms with E-state index in [9.17, 15) is 0 Å². The van der Waals surface area contributed by atoms with E-state index in [0.717, 1.165) is 31.6 Å². The molecule has 0 N–H and O–H groups in total. The van der Waals surface area contributed by atoms with Crippen molar-refractivity contribution in [3.63, 3.8) is 0 Å². The molecule has 4 heteroatoms. The largest absolute Gasteiger partial charge is 0.299 e. The van der Waals surface area contributed by atoms with E-state index in [1.807, 2.05) is 17.4 Å². The van der Waals surface area contributed by atoms with E-state index in [1.54, 1.807) is 6.07 Å². The number of hydrogen-bond acceptors (Lipinski definition) is 2. The lowest BCUT2D eigenvalue weighted by molar-refractivity contribution is 0.155. The van der Waals surface area contributed by atoms with Gasteiger partial charge in [0.1, 0.15) is 5.82 Å². The molecule has 2 atom stereocenters. The lowest BCUT2D eigenvalue weighted by Crippen LogP contribution is -2.38. The third-order valence-electron chi connectivity index (χ3n) is 6.02. The van der Waals surface area contributed by atoms with Gasteiger partial charge in [-0.1, -0.05) is 63.0 Å². The Hall–Kier alpha value is -1.49. The molecule has 2 heterocycles. The molecule has 1 saturated heterocycles. The van der Waals surface area contributed by atoms with E-state index in [2.05, 4.69) is 67.9 Å². The van der Waals surface area contributed by atoms with Crippen LogP contribution in [0.2, 0.25) is 19.6 Å². The van der Waals surface area contributed by atoms with Gasteiger partial charge in [0, 0.05) is 23.4 Å². The summed E-state index contributed by atoms with van der Waals surface area (Å²) in [5.74, 6) is 0.753. The van der Waals surface area contributed by atoms with Crippen molar-refractivity contribution in [1.82, 2.24) is 4.90 Å². The number of hydrogen-bond donors (Lipinski definition) is 0. The van der Waals surface area contributed by atoms with Gasteiger partial charge in [-0.3, -0.25) is 4.90 Å². The zero-order valence-corrected chi connectivity index (χ0v) is 19.2. The molecule has 3 aromatic rings. The van der Waals surface area contributed by atoms with Crippen LogP contribution in [0.15, 0.2) is 48.5 Å². The summed E-state index contributed by atoms with van der Waals surface area (Å²) in [6.45, 7) is 12.5. The van der Waals surface area contributed by atoms with Crippen molar-refractivity contribution < 1.29 is 4.39 Å². The SMILES string of the molecule is C[C@H]1CN(Cc2ccccc2)CC[C@H]1c1c(F)ccc2cc([Si](C)(C)C)sc12. The van der Waals surface area contributed by atoms with Crippen LogP contribution >= 0.6 is 11.3 Å². The molecule has 1 aliphatic heterocycles. The normalized spacial score (nSPS) is 21.3. The minimum atomic E-state index is -1.39. The summed E-state index contributed by atoms with van der Waals surface area (Å²) in [5, 5.41) is 1.23. The highest BCUT2D eigenvalue weighted by Crippen LogP contribution is 2.40. The van der Waals surface area contributed by atoms with Crippen molar-refractivity contribution in [2.45, 2.75) is 45.4 Å². The molecule has 0 spiro atoms. The summed E-state index contributed by atoms with van der Waals surface area (Å²) in [4.78, 5) is 2.52. The summed E-state index contributed by atoms with van der Waals surface area (Å²) in [5.41, 5.74) is 2.35. The number of benzene rings is 2. The average molecular weight is 412 g/mol. The zero-order chi connectivity index (χ0) is 19.9. The first-order chi connectivity index (χ1) is 13.3. The fourth-order valence-electron chi connectivity index (χ4n) is 4.46. The quantitative estimate of drug-likeness (QED) is 0.461. The highest BCUT2D eigenvalue weighted by Gasteiger charge is 2.31. The predicted molar refractivity (Wildman–Crippen MR) is 123 cm³/mol. The average Bonchev–Trinajstić information content (AvgIpc) is 3.08. The molecule has 0 amide bonds. The lowest BCUT2D eigenvalue weighted by Gasteiger charge is -2.37. The first kappa shape index (κ1) is 19.8. The van der Waals surface area contributed by atoms with Crippen LogP contribution in [0.5, 0.6) is 0 Å². The van der Waals surface area contributed by atoms with Crippen LogP contribution in [-0.2, 0) is 6.54 Å². The second-order valence-corrected chi connectivity index (χ2v) is 15.8. The van der Waals surface area contributed by atoms with Gasteiger partial charge in [-0.2, -0.15) is 0 Å². The van der Waals surface area contributed by atoms with Gasteiger partial charge >= 0.3 is 0 Å². The number of nitrogens with zero attached hydrogens (tertiary/aromatic N) is 1. The molecule has 0 radical (unpaired) electrons. The highest BCUT2D eigenvalue weighted by molar-refractivity contribution is 7.31. The fourth-order valence-corrected chi connectivity index (χ4v) is 7.59. The molecule has 2 aromatic carbocycles. The lowest BCUT2D eigenvalue weighted by atomic mass is 9.81. The molecule has 1 aliphatic rings. The molecule has 148 valence electrons. The number of piperidine rings is 1. The van der Waals surface area contributed by atoms with Gasteiger partial charge in [0.15, 0.2) is 0 Å². The summed E-state index contributed by atoms with van der Waals surface area (Å²) in [6.07, 6.45) is 1.03. The molecule has 1 nitrogen and oxygen atoms in total. The third-order valence-corrected chi connectivity index (χ3v) is 10.8. The van der Waals surface area contributed by atoms with Gasteiger partial charge in [-0.05, 0) is 52.4 Å². The van der Waals surface area contributed by atoms with E-state index in [4.69, 9.17) is 0 Å². The Morgan fingerprint density at radius 3 is 2.54 bits per heavy atom. The van der Waals surface area contributed by atoms with Crippen LogP contribution < -0.4 is 4.50 Å². The van der Waals surface area contributed by atoms with E-state index in [1.165, 1.54) is 20.2 Å². The van der Waals surface area contributed by atoms with Crippen molar-refractivity contribution in [2.75, 3.05) is 13.1 Å². The Bertz CT molecular complexity index is 960. The highest BCUT2D eigenvalue weighted by atomic mass is 32.1. The number of likely N-dealkylation sites (tertiary alicyclic amines) is 1. The first-order valence-electron chi connectivity index (χ1n) is 10.3. The minimum Gasteiger partial charge on any atom is -0.299 e. The predicted octanol–water partition coefficient (Wildman–Crippen LogP) is 6.21. The molecule has 0 bridgehead atoms. The number of halogens is 1. The van der Waals surface area contributed by atoms with Gasteiger partial charge in [0.05, 0.1) is 8.07 Å². The van der Waals surface area contributed by atoms with Crippen molar-refractivity contribution >= 4 is 34.0 Å². The molecule has 1 fully saturated rings. The smallest absolute Gasteiger partial charge is 0.128 e. The van der Waals surface area contributed by atoms with Crippen molar-refractivity contribution in [3.8, 4) is 0 Å². The maximum atomic E-state index is 15.0. The first-order valence-corrected chi connectivity index (χ1v) is 14.6. The van der Waals surface area contributed by atoms with Gasteiger partial charge in [-0.15, -0.1) is 11.3 Å². The number of fused-ring (bicyclic) bond motifs is 1. The van der Waals surface area contributed by atoms with Crippen LogP contribution in [0, 0.1) is 11.7 Å². The van der Waals surface area contributed by atoms with Crippen LogP contribution in [0.4, 0.5) is 4.39 Å². The molecular weight excluding hydrogens is 381 g/mol. The molecule has 1 aromatic heterocycles. The molecule has 0 unspecified atom stereocenters. The Kier molecular flexibility index (Phi) is 5.47. The summed E-state index contributed by atoms with van der Waals surface area (Å²) < 4.78 is 17.7. The van der Waals surface area contributed by atoms with Crippen molar-refractivity contribution in [1.29, 1.82) is 0 Å². The molecule has 28 heavy (non-hydrogen) atoms. The third kappa shape index (κ3) is 3.96. The standard InChI is InChI=1S/C24H30FNSSi/c1-17-15-26(16-18-8-6-5-7-9-18)13-12-20(17)23-21(25)11-10-19-14-22(27-24(19)23)28(2,3)4/h5-11,14,17,20H,12-13,15-16H2,1-4H3/t17-,20+/m0/s1. The van der Waals surface area contributed by atoms with Gasteiger partial charge in [0.2, 0.25) is 0 Å². The molecule has 0 aliphatic carbocycles. The van der Waals surface area contributed by atoms with E-state index in [0.29, 0.717) is 11.8 Å². The van der Waals surface area contributed by atoms with Gasteiger partial charge in [-0.25, -0.2) is 4.39 Å². The Balaban J connectivity index is 1.60. The van der Waals surface area contributed by atoms with Gasteiger partial charge < -0.3 is 0 Å². The molecule has 4 rings (SSSR count). The van der Waals surface area contributed by atoms with Crippen molar-refractivity contribution in [2.24, 2.45) is 5.92 Å². The van der Waals surface area contributed by atoms with Crippen LogP contribution in [0.3, 0.4) is 0 Å². The summed E-state index contributed by atoms with van der Waals surface area (Å²) in [6, 6.07) is 16.7. The second-order valence-electron chi connectivity index (χ2n) is 9.33. The Morgan fingerprint density at radius 1 is 1.11 bits per heavy atom. The Morgan fingerprint density at radius 2 is 1.86 bits per heavy atom. The van der Waals surface area contributed by atoms with Gasteiger partial charge in [0.25, 0.3) is 0 Å². The van der Waals surface area contributed by atoms with Crippen LogP contribution in [0.25, 0.3) is 10.1 Å². The minimum absolute atomic E-state index is 0.00941. The van der Waals surface area contributed by atoms with E-state index in [-0.39, 0.29) is 5.82 Å². The van der Waals surface area contributed by atoms with Crippen LogP contribution in [-0.4, -0.2) is 26.1 Å². The molecular formula is C24H30FNSSi. The molecule has 0 saturated carbocycles. The zero-order valence-electron chi connectivity index (χ0n) is 17.3. The summed E-state index contributed by atoms with van der Waals surface area (Å²) >= 11 is 1.85. The number of thiophene rings is 1. The monoisotopic (exact) mass is 411 g/mol. The van der Waals surface area contributed by atoms with E-state index < -0.39 is 8.07 Å². The second kappa shape index (κ2) is 7.73.